The van der Waals surface area contributed by atoms with E-state index in [1.807, 2.05) is 0 Å². The van der Waals surface area contributed by atoms with Crippen molar-refractivity contribution in [2.45, 2.75) is 25.3 Å². The maximum absolute atomic E-state index is 11.5. The lowest BCUT2D eigenvalue weighted by Gasteiger charge is -2.22. The van der Waals surface area contributed by atoms with Crippen molar-refractivity contribution in [1.29, 1.82) is 0 Å². The van der Waals surface area contributed by atoms with Gasteiger partial charge in [-0.25, -0.2) is 8.42 Å². The molecule has 7 heteroatoms. The van der Waals surface area contributed by atoms with E-state index in [0.29, 0.717) is 18.4 Å². The van der Waals surface area contributed by atoms with Gasteiger partial charge in [-0.1, -0.05) is 12.1 Å². The lowest BCUT2D eigenvalue weighted by atomic mass is 9.89. The molecular weight excluding hydrogens is 268 g/mol. The second kappa shape index (κ2) is 4.57. The largest absolute Gasteiger partial charge is 0.324 e. The summed E-state index contributed by atoms with van der Waals surface area (Å²) in [6.07, 6.45) is 0.747. The molecular formula is C12H16N2O4S. The van der Waals surface area contributed by atoms with E-state index >= 15 is 0 Å². The normalized spacial score (nSPS) is 25.4. The topological polar surface area (TPSA) is 103 Å². The van der Waals surface area contributed by atoms with Gasteiger partial charge in [-0.05, 0) is 25.3 Å². The SMILES string of the molecule is Cc1c(CC2(N)CCS(=O)(=O)C2)cccc1[N+](=O)[O-]. The fourth-order valence-corrected chi connectivity index (χ4v) is 4.50. The lowest BCUT2D eigenvalue weighted by Crippen LogP contribution is -2.43. The maximum atomic E-state index is 11.5. The summed E-state index contributed by atoms with van der Waals surface area (Å²) in [6.45, 7) is 1.67. The minimum absolute atomic E-state index is 0.0435. The molecule has 2 rings (SSSR count). The number of nitro groups is 1. The minimum Gasteiger partial charge on any atom is -0.324 e. The summed E-state index contributed by atoms with van der Waals surface area (Å²) in [6, 6.07) is 4.81. The van der Waals surface area contributed by atoms with Crippen LogP contribution in [0, 0.1) is 17.0 Å². The molecule has 1 aromatic rings. The monoisotopic (exact) mass is 284 g/mol. The Bertz CT molecular complexity index is 627. The smallest absolute Gasteiger partial charge is 0.272 e. The van der Waals surface area contributed by atoms with E-state index in [1.165, 1.54) is 6.07 Å². The molecule has 0 saturated carbocycles. The van der Waals surface area contributed by atoms with E-state index in [0.717, 1.165) is 5.56 Å². The van der Waals surface area contributed by atoms with Gasteiger partial charge >= 0.3 is 0 Å². The molecule has 1 aliphatic heterocycles. The summed E-state index contributed by atoms with van der Waals surface area (Å²) in [4.78, 5) is 10.4. The average Bonchev–Trinajstić information content (AvgIpc) is 2.56. The van der Waals surface area contributed by atoms with Crippen molar-refractivity contribution in [3.8, 4) is 0 Å². The standard InChI is InChI=1S/C12H16N2O4S/c1-9-10(3-2-4-11(9)14(15)16)7-12(13)5-6-19(17,18)8-12/h2-4H,5-8,13H2,1H3. The van der Waals surface area contributed by atoms with Crippen molar-refractivity contribution >= 4 is 15.5 Å². The van der Waals surface area contributed by atoms with Gasteiger partial charge < -0.3 is 5.73 Å². The number of hydrogen-bond acceptors (Lipinski definition) is 5. The highest BCUT2D eigenvalue weighted by atomic mass is 32.2. The fourth-order valence-electron chi connectivity index (χ4n) is 2.52. The van der Waals surface area contributed by atoms with Gasteiger partial charge in [0.25, 0.3) is 5.69 Å². The Kier molecular flexibility index (Phi) is 3.36. The molecule has 1 fully saturated rings. The molecule has 0 aromatic heterocycles. The van der Waals surface area contributed by atoms with Crippen LogP contribution < -0.4 is 5.73 Å². The number of benzene rings is 1. The quantitative estimate of drug-likeness (QED) is 0.657. The Morgan fingerprint density at radius 3 is 2.68 bits per heavy atom. The predicted molar refractivity (Wildman–Crippen MR) is 71.7 cm³/mol. The van der Waals surface area contributed by atoms with E-state index in [9.17, 15) is 18.5 Å². The first kappa shape index (κ1) is 14.0. The van der Waals surface area contributed by atoms with E-state index in [-0.39, 0.29) is 17.2 Å². The zero-order valence-corrected chi connectivity index (χ0v) is 11.4. The molecule has 2 N–H and O–H groups in total. The van der Waals surface area contributed by atoms with Crippen LogP contribution in [0.15, 0.2) is 18.2 Å². The second-order valence-corrected chi connectivity index (χ2v) is 7.38. The molecule has 1 heterocycles. The van der Waals surface area contributed by atoms with Gasteiger partial charge in [0.2, 0.25) is 0 Å². The molecule has 1 aliphatic rings. The van der Waals surface area contributed by atoms with Crippen molar-refractivity contribution in [3.63, 3.8) is 0 Å². The summed E-state index contributed by atoms with van der Waals surface area (Å²) < 4.78 is 23.0. The summed E-state index contributed by atoms with van der Waals surface area (Å²) in [5, 5.41) is 10.9. The Morgan fingerprint density at radius 2 is 2.16 bits per heavy atom. The molecule has 0 bridgehead atoms. The first-order valence-corrected chi connectivity index (χ1v) is 7.77. The average molecular weight is 284 g/mol. The molecule has 1 saturated heterocycles. The van der Waals surface area contributed by atoms with Crippen LogP contribution in [-0.4, -0.2) is 30.4 Å². The Balaban J connectivity index is 2.30. The number of rotatable bonds is 3. The molecule has 104 valence electrons. The van der Waals surface area contributed by atoms with Gasteiger partial charge in [-0.15, -0.1) is 0 Å². The molecule has 6 nitrogen and oxygen atoms in total. The van der Waals surface area contributed by atoms with E-state index < -0.39 is 20.3 Å². The van der Waals surface area contributed by atoms with Crippen molar-refractivity contribution in [2.75, 3.05) is 11.5 Å². The summed E-state index contributed by atoms with van der Waals surface area (Å²) in [5.74, 6) is 0.0413. The predicted octanol–water partition coefficient (Wildman–Crippen LogP) is 0.962. The molecule has 1 unspecified atom stereocenters. The van der Waals surface area contributed by atoms with Gasteiger partial charge in [-0.3, -0.25) is 10.1 Å². The van der Waals surface area contributed by atoms with Gasteiger partial charge in [0.05, 0.1) is 16.4 Å². The summed E-state index contributed by atoms with van der Waals surface area (Å²) >= 11 is 0. The molecule has 1 atom stereocenters. The van der Waals surface area contributed by atoms with Crippen LogP contribution in [0.5, 0.6) is 0 Å². The van der Waals surface area contributed by atoms with Gasteiger partial charge in [0.15, 0.2) is 9.84 Å². The van der Waals surface area contributed by atoms with E-state index in [1.54, 1.807) is 19.1 Å². The van der Waals surface area contributed by atoms with E-state index in [2.05, 4.69) is 0 Å². The van der Waals surface area contributed by atoms with Crippen molar-refractivity contribution < 1.29 is 13.3 Å². The third kappa shape index (κ3) is 2.93. The molecule has 0 amide bonds. The number of hydrogen-bond donors (Lipinski definition) is 1. The molecule has 0 radical (unpaired) electrons. The number of sulfone groups is 1. The van der Waals surface area contributed by atoms with Crippen LogP contribution >= 0.6 is 0 Å². The van der Waals surface area contributed by atoms with Crippen molar-refractivity contribution in [1.82, 2.24) is 0 Å². The van der Waals surface area contributed by atoms with Crippen LogP contribution in [0.2, 0.25) is 0 Å². The van der Waals surface area contributed by atoms with Gasteiger partial charge in [0.1, 0.15) is 0 Å². The second-order valence-electron chi connectivity index (χ2n) is 5.20. The first-order chi connectivity index (χ1) is 8.72. The number of nitro benzene ring substituents is 1. The molecule has 19 heavy (non-hydrogen) atoms. The maximum Gasteiger partial charge on any atom is 0.272 e. The first-order valence-electron chi connectivity index (χ1n) is 5.95. The number of nitrogens with two attached hydrogens (primary N) is 1. The van der Waals surface area contributed by atoms with Crippen LogP contribution in [-0.2, 0) is 16.3 Å². The Morgan fingerprint density at radius 1 is 1.47 bits per heavy atom. The summed E-state index contributed by atoms with van der Waals surface area (Å²) in [7, 11) is -3.07. The van der Waals surface area contributed by atoms with Crippen LogP contribution in [0.4, 0.5) is 5.69 Å². The van der Waals surface area contributed by atoms with Crippen molar-refractivity contribution in [3.05, 3.63) is 39.4 Å². The highest BCUT2D eigenvalue weighted by molar-refractivity contribution is 7.91. The van der Waals surface area contributed by atoms with Gasteiger partial charge in [0, 0.05) is 17.2 Å². The highest BCUT2D eigenvalue weighted by Crippen LogP contribution is 2.29. The van der Waals surface area contributed by atoms with Crippen LogP contribution in [0.1, 0.15) is 17.5 Å². The zero-order chi connectivity index (χ0) is 14.3. The summed E-state index contributed by atoms with van der Waals surface area (Å²) in [5.41, 5.74) is 6.65. The third-order valence-corrected chi connectivity index (χ3v) is 5.42. The Labute approximate surface area is 111 Å². The Hall–Kier alpha value is -1.47. The van der Waals surface area contributed by atoms with Crippen LogP contribution in [0.3, 0.4) is 0 Å². The lowest BCUT2D eigenvalue weighted by molar-refractivity contribution is -0.385. The third-order valence-electron chi connectivity index (χ3n) is 3.57. The van der Waals surface area contributed by atoms with Crippen LogP contribution in [0.25, 0.3) is 0 Å². The minimum atomic E-state index is -3.07. The zero-order valence-electron chi connectivity index (χ0n) is 10.6. The molecule has 0 spiro atoms. The van der Waals surface area contributed by atoms with E-state index in [4.69, 9.17) is 5.73 Å². The molecule has 0 aliphatic carbocycles. The number of nitrogens with zero attached hydrogens (tertiary/aromatic N) is 1. The van der Waals surface area contributed by atoms with Gasteiger partial charge in [-0.2, -0.15) is 0 Å². The fraction of sp³-hybridized carbons (Fsp3) is 0.500. The molecule has 1 aromatic carbocycles. The van der Waals surface area contributed by atoms with Crippen molar-refractivity contribution in [2.24, 2.45) is 5.73 Å². The highest BCUT2D eigenvalue weighted by Gasteiger charge is 2.39.